The fourth-order valence-corrected chi connectivity index (χ4v) is 3.31. The maximum Gasteiger partial charge on any atom is 0.408 e. The maximum absolute atomic E-state index is 12.2. The average molecular weight is 486 g/mol. The number of nitrogens with one attached hydrogen (secondary N) is 1. The first-order valence-corrected chi connectivity index (χ1v) is 9.79. The van der Waals surface area contributed by atoms with Gasteiger partial charge in [0, 0.05) is 10.7 Å². The van der Waals surface area contributed by atoms with Crippen molar-refractivity contribution in [3.63, 3.8) is 0 Å². The van der Waals surface area contributed by atoms with Gasteiger partial charge in [0.15, 0.2) is 0 Å². The number of nitrogens with zero attached hydrogens (tertiary/aromatic N) is 1. The molecule has 26 heavy (non-hydrogen) atoms. The first kappa shape index (κ1) is 20.7. The molecule has 1 N–H and O–H groups in total. The van der Waals surface area contributed by atoms with E-state index in [2.05, 4.69) is 42.2 Å². The minimum absolute atomic E-state index is 0.260. The Balaban J connectivity index is 2.05. The molecule has 1 atom stereocenters. The van der Waals surface area contributed by atoms with E-state index in [0.717, 1.165) is 14.5 Å². The van der Waals surface area contributed by atoms with Crippen LogP contribution in [0.3, 0.4) is 0 Å². The first-order chi connectivity index (χ1) is 12.2. The van der Waals surface area contributed by atoms with Crippen molar-refractivity contribution in [3.05, 3.63) is 57.1 Å². The molecule has 0 aliphatic rings. The maximum atomic E-state index is 12.2. The summed E-state index contributed by atoms with van der Waals surface area (Å²) < 4.78 is 12.8. The van der Waals surface area contributed by atoms with Crippen molar-refractivity contribution in [2.45, 2.75) is 38.8 Å². The minimum Gasteiger partial charge on any atom is -0.475 e. The Hall–Kier alpha value is -1.60. The molecule has 0 aliphatic heterocycles. The van der Waals surface area contributed by atoms with Crippen molar-refractivity contribution < 1.29 is 14.3 Å². The Kier molecular flexibility index (Phi) is 7.46. The van der Waals surface area contributed by atoms with Crippen LogP contribution < -0.4 is 10.1 Å². The molecule has 1 aromatic carbocycles. The third-order valence-electron chi connectivity index (χ3n) is 3.24. The Labute approximate surface area is 170 Å². The van der Waals surface area contributed by atoms with Gasteiger partial charge in [-0.2, -0.15) is 0 Å². The van der Waals surface area contributed by atoms with Crippen LogP contribution in [-0.4, -0.2) is 29.3 Å². The van der Waals surface area contributed by atoms with Gasteiger partial charge in [-0.1, -0.05) is 30.3 Å². The number of rotatable bonds is 6. The molecule has 0 fully saturated rings. The number of carbonyl (C=O) groups excluding carboxylic acids is 1. The Morgan fingerprint density at radius 2 is 1.92 bits per heavy atom. The van der Waals surface area contributed by atoms with Crippen molar-refractivity contribution >= 4 is 38.0 Å². The van der Waals surface area contributed by atoms with Crippen LogP contribution in [0.2, 0.25) is 0 Å². The molecule has 140 valence electrons. The molecule has 2 aromatic rings. The Morgan fingerprint density at radius 3 is 2.54 bits per heavy atom. The van der Waals surface area contributed by atoms with Gasteiger partial charge in [-0.05, 0) is 70.7 Å². The van der Waals surface area contributed by atoms with Crippen LogP contribution >= 0.6 is 31.9 Å². The summed E-state index contributed by atoms with van der Waals surface area (Å²) in [4.78, 5) is 16.4. The predicted molar refractivity (Wildman–Crippen MR) is 108 cm³/mol. The van der Waals surface area contributed by atoms with Crippen molar-refractivity contribution in [2.75, 3.05) is 6.61 Å². The van der Waals surface area contributed by atoms with Crippen LogP contribution in [0.25, 0.3) is 0 Å². The summed E-state index contributed by atoms with van der Waals surface area (Å²) in [5.41, 5.74) is 0.540. The summed E-state index contributed by atoms with van der Waals surface area (Å²) >= 11 is 6.78. The number of benzene rings is 1. The molecule has 1 heterocycles. The number of aromatic nitrogens is 1. The summed E-state index contributed by atoms with van der Waals surface area (Å²) in [5.74, 6) is 0.470. The molecule has 5 nitrogen and oxygen atoms in total. The van der Waals surface area contributed by atoms with E-state index in [1.54, 1.807) is 6.20 Å². The number of ether oxygens (including phenoxy) is 2. The normalized spacial score (nSPS) is 12.3. The molecular weight excluding hydrogens is 464 g/mol. The molecule has 0 saturated carbocycles. The van der Waals surface area contributed by atoms with Crippen LogP contribution in [0.15, 0.2) is 51.5 Å². The highest BCUT2D eigenvalue weighted by Crippen LogP contribution is 2.25. The Morgan fingerprint density at radius 1 is 1.23 bits per heavy atom. The predicted octanol–water partition coefficient (Wildman–Crippen LogP) is 5.12. The second-order valence-corrected chi connectivity index (χ2v) is 8.55. The van der Waals surface area contributed by atoms with Crippen molar-refractivity contribution in [1.82, 2.24) is 10.3 Å². The van der Waals surface area contributed by atoms with Crippen LogP contribution in [0.5, 0.6) is 5.88 Å². The van der Waals surface area contributed by atoms with Gasteiger partial charge < -0.3 is 14.8 Å². The zero-order chi connectivity index (χ0) is 19.2. The first-order valence-electron chi connectivity index (χ1n) is 8.20. The number of amides is 1. The number of carbonyl (C=O) groups is 1. The molecule has 2 rings (SSSR count). The quantitative estimate of drug-likeness (QED) is 0.616. The summed E-state index contributed by atoms with van der Waals surface area (Å²) in [6.45, 7) is 5.76. The van der Waals surface area contributed by atoms with E-state index in [1.165, 1.54) is 0 Å². The molecule has 0 bridgehead atoms. The van der Waals surface area contributed by atoms with E-state index in [0.29, 0.717) is 12.3 Å². The third kappa shape index (κ3) is 7.33. The van der Waals surface area contributed by atoms with Crippen LogP contribution in [0.4, 0.5) is 4.79 Å². The fraction of sp³-hybridized carbons (Fsp3) is 0.368. The molecule has 0 spiro atoms. The van der Waals surface area contributed by atoms with Gasteiger partial charge in [-0.25, -0.2) is 9.78 Å². The highest BCUT2D eigenvalue weighted by atomic mass is 79.9. The molecule has 0 radical (unpaired) electrons. The molecule has 0 aliphatic carbocycles. The zero-order valence-corrected chi connectivity index (χ0v) is 18.1. The molecular formula is C19H22Br2N2O3. The van der Waals surface area contributed by atoms with E-state index in [1.807, 2.05) is 57.2 Å². The highest BCUT2D eigenvalue weighted by Gasteiger charge is 2.21. The topological polar surface area (TPSA) is 60.5 Å². The van der Waals surface area contributed by atoms with Gasteiger partial charge in [-0.3, -0.25) is 0 Å². The second-order valence-electron chi connectivity index (χ2n) is 6.78. The number of hydrogen-bond donors (Lipinski definition) is 1. The Bertz CT molecular complexity index is 733. The van der Waals surface area contributed by atoms with E-state index < -0.39 is 11.7 Å². The van der Waals surface area contributed by atoms with Gasteiger partial charge in [0.1, 0.15) is 12.2 Å². The summed E-state index contributed by atoms with van der Waals surface area (Å²) in [6.07, 6.45) is 1.81. The largest absolute Gasteiger partial charge is 0.475 e. The van der Waals surface area contributed by atoms with Gasteiger partial charge in [0.25, 0.3) is 0 Å². The van der Waals surface area contributed by atoms with Crippen molar-refractivity contribution in [2.24, 2.45) is 0 Å². The standard InChI is InChI=1S/C19H22Br2N2O3/c1-19(2,3)26-18(24)23-15(9-13-7-5-4-6-8-13)12-25-17-16(21)10-14(20)11-22-17/h4-8,10-11,15H,9,12H2,1-3H3,(H,23,24)/t15-/m0/s1. The van der Waals surface area contributed by atoms with Crippen LogP contribution in [-0.2, 0) is 11.2 Å². The lowest BCUT2D eigenvalue weighted by molar-refractivity contribution is 0.0487. The zero-order valence-electron chi connectivity index (χ0n) is 15.0. The highest BCUT2D eigenvalue weighted by molar-refractivity contribution is 9.11. The van der Waals surface area contributed by atoms with Gasteiger partial charge >= 0.3 is 6.09 Å². The number of halogens is 2. The molecule has 7 heteroatoms. The van der Waals surface area contributed by atoms with Gasteiger partial charge in [0.05, 0.1) is 10.5 Å². The average Bonchev–Trinajstić information content (AvgIpc) is 2.53. The van der Waals surface area contributed by atoms with Gasteiger partial charge in [0.2, 0.25) is 5.88 Å². The smallest absolute Gasteiger partial charge is 0.408 e. The van der Waals surface area contributed by atoms with E-state index in [4.69, 9.17) is 9.47 Å². The number of hydrogen-bond acceptors (Lipinski definition) is 4. The number of alkyl carbamates (subject to hydrolysis) is 1. The summed E-state index contributed by atoms with van der Waals surface area (Å²) in [7, 11) is 0. The molecule has 0 unspecified atom stereocenters. The lowest BCUT2D eigenvalue weighted by Crippen LogP contribution is -2.43. The molecule has 0 saturated heterocycles. The second kappa shape index (κ2) is 9.37. The molecule has 1 aromatic heterocycles. The number of pyridine rings is 1. The van der Waals surface area contributed by atoms with Gasteiger partial charge in [-0.15, -0.1) is 0 Å². The van der Waals surface area contributed by atoms with E-state index in [9.17, 15) is 4.79 Å². The molecule has 1 amide bonds. The SMILES string of the molecule is CC(C)(C)OC(=O)N[C@H](COc1ncc(Br)cc1Br)Cc1ccccc1. The van der Waals surface area contributed by atoms with Crippen LogP contribution in [0.1, 0.15) is 26.3 Å². The van der Waals surface area contributed by atoms with Crippen LogP contribution in [0, 0.1) is 0 Å². The summed E-state index contributed by atoms with van der Waals surface area (Å²) in [6, 6.07) is 11.5. The lowest BCUT2D eigenvalue weighted by atomic mass is 10.1. The van der Waals surface area contributed by atoms with Crippen molar-refractivity contribution in [1.29, 1.82) is 0 Å². The summed E-state index contributed by atoms with van der Waals surface area (Å²) in [5, 5.41) is 2.88. The minimum atomic E-state index is -0.557. The fourth-order valence-electron chi connectivity index (χ4n) is 2.21. The van der Waals surface area contributed by atoms with E-state index >= 15 is 0 Å². The van der Waals surface area contributed by atoms with Crippen molar-refractivity contribution in [3.8, 4) is 5.88 Å². The van der Waals surface area contributed by atoms with E-state index in [-0.39, 0.29) is 12.6 Å². The third-order valence-corrected chi connectivity index (χ3v) is 4.24. The monoisotopic (exact) mass is 484 g/mol. The lowest BCUT2D eigenvalue weighted by Gasteiger charge is -2.24.